The van der Waals surface area contributed by atoms with Crippen LogP contribution in [0.4, 0.5) is 4.79 Å². The van der Waals surface area contributed by atoms with Crippen LogP contribution in [0.15, 0.2) is 30.3 Å². The first-order valence-corrected chi connectivity index (χ1v) is 9.23. The van der Waals surface area contributed by atoms with Crippen LogP contribution in [-0.4, -0.2) is 35.3 Å². The number of imide groups is 1. The molecule has 142 valence electrons. The molecular weight excluding hydrogens is 330 g/mol. The smallest absolute Gasteiger partial charge is 0.325 e. The minimum Gasteiger partial charge on any atom is -0.352 e. The Morgan fingerprint density at radius 3 is 2.42 bits per heavy atom. The predicted molar refractivity (Wildman–Crippen MR) is 100 cm³/mol. The maximum atomic E-state index is 12.8. The molecule has 0 saturated carbocycles. The fourth-order valence-electron chi connectivity index (χ4n) is 3.18. The summed E-state index contributed by atoms with van der Waals surface area (Å²) in [6.07, 6.45) is 3.03. The highest BCUT2D eigenvalue weighted by molar-refractivity contribution is 6.09. The molecule has 1 fully saturated rings. The molecule has 0 spiro atoms. The van der Waals surface area contributed by atoms with Gasteiger partial charge in [-0.1, -0.05) is 57.0 Å². The predicted octanol–water partition coefficient (Wildman–Crippen LogP) is 2.78. The van der Waals surface area contributed by atoms with Crippen LogP contribution in [0.25, 0.3) is 0 Å². The second-order valence-corrected chi connectivity index (χ2v) is 7.61. The maximum Gasteiger partial charge on any atom is 0.325 e. The van der Waals surface area contributed by atoms with E-state index in [1.165, 1.54) is 0 Å². The first-order chi connectivity index (χ1) is 12.2. The van der Waals surface area contributed by atoms with Crippen molar-refractivity contribution in [2.45, 2.75) is 58.5 Å². The summed E-state index contributed by atoms with van der Waals surface area (Å²) in [7, 11) is 0. The van der Waals surface area contributed by atoms with Gasteiger partial charge < -0.3 is 10.6 Å². The van der Waals surface area contributed by atoms with Gasteiger partial charge in [-0.2, -0.15) is 0 Å². The summed E-state index contributed by atoms with van der Waals surface area (Å²) in [5.74, 6) is -0.0846. The van der Waals surface area contributed by atoms with Gasteiger partial charge in [0, 0.05) is 6.04 Å². The van der Waals surface area contributed by atoms with Gasteiger partial charge in [0.2, 0.25) is 5.91 Å². The monoisotopic (exact) mass is 359 g/mol. The van der Waals surface area contributed by atoms with Crippen LogP contribution < -0.4 is 10.6 Å². The van der Waals surface area contributed by atoms with E-state index in [2.05, 4.69) is 24.5 Å². The van der Waals surface area contributed by atoms with E-state index in [-0.39, 0.29) is 18.5 Å². The number of carbonyl (C=O) groups is 3. The highest BCUT2D eigenvalue weighted by Gasteiger charge is 2.49. The Bertz CT molecular complexity index is 660. The molecular formula is C20H29N3O3. The average Bonchev–Trinajstić information content (AvgIpc) is 2.79. The van der Waals surface area contributed by atoms with E-state index in [4.69, 9.17) is 0 Å². The number of nitrogens with zero attached hydrogens (tertiary/aromatic N) is 1. The van der Waals surface area contributed by atoms with Crippen LogP contribution in [0.1, 0.15) is 52.5 Å². The number of carbonyl (C=O) groups excluding carboxylic acids is 3. The van der Waals surface area contributed by atoms with Gasteiger partial charge in [0.25, 0.3) is 5.91 Å². The first-order valence-electron chi connectivity index (χ1n) is 9.23. The summed E-state index contributed by atoms with van der Waals surface area (Å²) < 4.78 is 0. The van der Waals surface area contributed by atoms with Gasteiger partial charge in [0.05, 0.1) is 0 Å². The van der Waals surface area contributed by atoms with Crippen molar-refractivity contribution in [3.05, 3.63) is 35.9 Å². The standard InChI is InChI=1S/C20H29N3O3/c1-14(2)9-8-10-15(3)21-17(24)13-23-18(25)20(4,22-19(23)26)16-11-6-5-7-12-16/h5-7,11-12,14-15H,8-10,13H2,1-4H3,(H,21,24)(H,22,26). The summed E-state index contributed by atoms with van der Waals surface area (Å²) in [6.45, 7) is 7.68. The maximum absolute atomic E-state index is 12.8. The Labute approximate surface area is 155 Å². The molecule has 1 saturated heterocycles. The molecule has 6 heteroatoms. The molecule has 2 unspecified atom stereocenters. The molecule has 1 aromatic carbocycles. The fraction of sp³-hybridized carbons (Fsp3) is 0.550. The lowest BCUT2D eigenvalue weighted by Crippen LogP contribution is -2.45. The van der Waals surface area contributed by atoms with Gasteiger partial charge >= 0.3 is 6.03 Å². The summed E-state index contributed by atoms with van der Waals surface area (Å²) in [4.78, 5) is 38.3. The van der Waals surface area contributed by atoms with Gasteiger partial charge in [-0.25, -0.2) is 4.79 Å². The van der Waals surface area contributed by atoms with E-state index in [0.29, 0.717) is 11.5 Å². The average molecular weight is 359 g/mol. The number of nitrogens with one attached hydrogen (secondary N) is 2. The molecule has 1 aliphatic rings. The number of urea groups is 1. The van der Waals surface area contributed by atoms with Gasteiger partial charge in [-0.15, -0.1) is 0 Å². The largest absolute Gasteiger partial charge is 0.352 e. The van der Waals surface area contributed by atoms with E-state index in [9.17, 15) is 14.4 Å². The topological polar surface area (TPSA) is 78.5 Å². The summed E-state index contributed by atoms with van der Waals surface area (Å²) in [6, 6.07) is 8.53. The summed E-state index contributed by atoms with van der Waals surface area (Å²) >= 11 is 0. The van der Waals surface area contributed by atoms with Crippen molar-refractivity contribution in [3.63, 3.8) is 0 Å². The number of amides is 4. The zero-order chi connectivity index (χ0) is 19.3. The van der Waals surface area contributed by atoms with Crippen molar-refractivity contribution in [1.29, 1.82) is 0 Å². The number of hydrogen-bond acceptors (Lipinski definition) is 3. The quantitative estimate of drug-likeness (QED) is 0.701. The van der Waals surface area contributed by atoms with Crippen molar-refractivity contribution < 1.29 is 14.4 Å². The Hall–Kier alpha value is -2.37. The van der Waals surface area contributed by atoms with Gasteiger partial charge in [0.15, 0.2) is 0 Å². The minimum atomic E-state index is -1.14. The lowest BCUT2D eigenvalue weighted by molar-refractivity contribution is -0.135. The van der Waals surface area contributed by atoms with Crippen LogP contribution in [0.2, 0.25) is 0 Å². The van der Waals surface area contributed by atoms with E-state index in [0.717, 1.165) is 24.2 Å². The van der Waals surface area contributed by atoms with Crippen molar-refractivity contribution in [3.8, 4) is 0 Å². The Balaban J connectivity index is 1.94. The molecule has 1 aliphatic heterocycles. The third-order valence-electron chi connectivity index (χ3n) is 4.75. The van der Waals surface area contributed by atoms with Crippen LogP contribution in [0.5, 0.6) is 0 Å². The molecule has 0 radical (unpaired) electrons. The Morgan fingerprint density at radius 2 is 1.81 bits per heavy atom. The van der Waals surface area contributed by atoms with Crippen LogP contribution >= 0.6 is 0 Å². The second kappa shape index (κ2) is 8.34. The SMILES string of the molecule is CC(C)CCCC(C)NC(=O)CN1C(=O)NC(C)(c2ccccc2)C1=O. The second-order valence-electron chi connectivity index (χ2n) is 7.61. The molecule has 2 rings (SSSR count). The third kappa shape index (κ3) is 4.62. The highest BCUT2D eigenvalue weighted by atomic mass is 16.2. The molecule has 0 aromatic heterocycles. The molecule has 4 amide bonds. The summed E-state index contributed by atoms with van der Waals surface area (Å²) in [5, 5.41) is 5.59. The lowest BCUT2D eigenvalue weighted by Gasteiger charge is -2.22. The molecule has 6 nitrogen and oxygen atoms in total. The van der Waals surface area contributed by atoms with E-state index in [1.54, 1.807) is 19.1 Å². The zero-order valence-corrected chi connectivity index (χ0v) is 16.0. The normalized spacial score (nSPS) is 21.0. The lowest BCUT2D eigenvalue weighted by atomic mass is 9.92. The number of rotatable bonds is 8. The summed E-state index contributed by atoms with van der Waals surface area (Å²) in [5.41, 5.74) is -0.440. The Morgan fingerprint density at radius 1 is 1.15 bits per heavy atom. The van der Waals surface area contributed by atoms with E-state index >= 15 is 0 Å². The first kappa shape index (κ1) is 19.9. The van der Waals surface area contributed by atoms with Gasteiger partial charge in [-0.05, 0) is 31.7 Å². The third-order valence-corrected chi connectivity index (χ3v) is 4.75. The van der Waals surface area contributed by atoms with E-state index in [1.807, 2.05) is 25.1 Å². The molecule has 26 heavy (non-hydrogen) atoms. The molecule has 2 atom stereocenters. The highest BCUT2D eigenvalue weighted by Crippen LogP contribution is 2.28. The molecule has 1 heterocycles. The van der Waals surface area contributed by atoms with Crippen molar-refractivity contribution in [2.75, 3.05) is 6.54 Å². The molecule has 1 aromatic rings. The van der Waals surface area contributed by atoms with E-state index < -0.39 is 17.5 Å². The molecule has 2 N–H and O–H groups in total. The van der Waals surface area contributed by atoms with Crippen molar-refractivity contribution in [1.82, 2.24) is 15.5 Å². The van der Waals surface area contributed by atoms with Crippen molar-refractivity contribution in [2.24, 2.45) is 5.92 Å². The van der Waals surface area contributed by atoms with Gasteiger partial charge in [0.1, 0.15) is 12.1 Å². The minimum absolute atomic E-state index is 0.0162. The number of hydrogen-bond donors (Lipinski definition) is 2. The van der Waals surface area contributed by atoms with Gasteiger partial charge in [-0.3, -0.25) is 14.5 Å². The number of benzene rings is 1. The Kier molecular flexibility index (Phi) is 6.40. The molecule has 0 bridgehead atoms. The van der Waals surface area contributed by atoms with Crippen LogP contribution in [0.3, 0.4) is 0 Å². The zero-order valence-electron chi connectivity index (χ0n) is 16.0. The van der Waals surface area contributed by atoms with Crippen LogP contribution in [0, 0.1) is 5.92 Å². The molecule has 0 aliphatic carbocycles. The van der Waals surface area contributed by atoms with Crippen LogP contribution in [-0.2, 0) is 15.1 Å². The fourth-order valence-corrected chi connectivity index (χ4v) is 3.18. The van der Waals surface area contributed by atoms with Crippen molar-refractivity contribution >= 4 is 17.8 Å².